The fourth-order valence-electron chi connectivity index (χ4n) is 2.05. The van der Waals surface area contributed by atoms with Crippen LogP contribution in [0.25, 0.3) is 6.08 Å². The van der Waals surface area contributed by atoms with Crippen molar-refractivity contribution in [2.45, 2.75) is 27.2 Å². The lowest BCUT2D eigenvalue weighted by molar-refractivity contribution is -0.117. The Morgan fingerprint density at radius 2 is 1.83 bits per heavy atom. The van der Waals surface area contributed by atoms with E-state index in [0.717, 1.165) is 23.1 Å². The molecule has 0 bridgehead atoms. The third-order valence-corrected chi connectivity index (χ3v) is 4.75. The van der Waals surface area contributed by atoms with Crippen molar-refractivity contribution >= 4 is 29.2 Å². The van der Waals surface area contributed by atoms with Crippen molar-refractivity contribution in [3.8, 4) is 0 Å². The molecule has 5 heteroatoms. The van der Waals surface area contributed by atoms with Gasteiger partial charge in [-0.2, -0.15) is 0 Å². The first-order chi connectivity index (χ1) is 11.0. The van der Waals surface area contributed by atoms with Gasteiger partial charge in [0.1, 0.15) is 0 Å². The van der Waals surface area contributed by atoms with Crippen LogP contribution >= 0.6 is 11.3 Å². The molecule has 0 radical (unpaired) electrons. The quantitative estimate of drug-likeness (QED) is 0.667. The van der Waals surface area contributed by atoms with Crippen LogP contribution in [0.5, 0.6) is 0 Å². The molecule has 2 amide bonds. The minimum absolute atomic E-state index is 0.296. The van der Waals surface area contributed by atoms with Gasteiger partial charge in [0.05, 0.1) is 4.88 Å². The fraction of sp³-hybridized carbons (Fsp3) is 0.222. The average Bonchev–Trinajstić information content (AvgIpc) is 2.93. The first-order valence-corrected chi connectivity index (χ1v) is 8.25. The topological polar surface area (TPSA) is 58.2 Å². The first-order valence-electron chi connectivity index (χ1n) is 7.44. The number of hydrazine groups is 1. The number of hydrogen-bond donors (Lipinski definition) is 2. The number of nitrogens with one attached hydrogen (secondary N) is 2. The number of amides is 2. The van der Waals surface area contributed by atoms with Crippen LogP contribution in [0.15, 0.2) is 36.4 Å². The molecular weight excluding hydrogens is 308 g/mol. The lowest BCUT2D eigenvalue weighted by Gasteiger charge is -2.03. The van der Waals surface area contributed by atoms with Gasteiger partial charge in [-0.15, -0.1) is 11.3 Å². The van der Waals surface area contributed by atoms with E-state index in [1.54, 1.807) is 6.08 Å². The molecule has 0 aliphatic rings. The molecule has 2 aromatic rings. The zero-order valence-corrected chi connectivity index (χ0v) is 14.3. The van der Waals surface area contributed by atoms with Crippen molar-refractivity contribution in [3.63, 3.8) is 0 Å². The van der Waals surface area contributed by atoms with Crippen molar-refractivity contribution in [1.29, 1.82) is 0 Å². The Hall–Kier alpha value is -2.40. The van der Waals surface area contributed by atoms with Gasteiger partial charge in [0.2, 0.25) is 0 Å². The molecule has 0 spiro atoms. The van der Waals surface area contributed by atoms with Crippen LogP contribution in [0.4, 0.5) is 0 Å². The van der Waals surface area contributed by atoms with E-state index in [2.05, 4.69) is 17.8 Å². The van der Waals surface area contributed by atoms with Crippen LogP contribution < -0.4 is 10.9 Å². The molecule has 1 aromatic carbocycles. The molecule has 1 aromatic heterocycles. The van der Waals surface area contributed by atoms with Gasteiger partial charge >= 0.3 is 0 Å². The lowest BCUT2D eigenvalue weighted by Crippen LogP contribution is -2.40. The van der Waals surface area contributed by atoms with Crippen LogP contribution in [0.2, 0.25) is 0 Å². The molecule has 0 unspecified atom stereocenters. The SMILES string of the molecule is CCc1sc(C(=O)NNC(=O)/C=C/c2ccc(C)cc2)cc1C. The van der Waals surface area contributed by atoms with Crippen molar-refractivity contribution in [1.82, 2.24) is 10.9 Å². The predicted molar refractivity (Wildman–Crippen MR) is 94.3 cm³/mol. The van der Waals surface area contributed by atoms with Gasteiger partial charge in [0, 0.05) is 11.0 Å². The average molecular weight is 328 g/mol. The summed E-state index contributed by atoms with van der Waals surface area (Å²) in [6, 6.07) is 9.65. The molecule has 0 saturated carbocycles. The highest BCUT2D eigenvalue weighted by Gasteiger charge is 2.11. The van der Waals surface area contributed by atoms with Crippen LogP contribution in [0.3, 0.4) is 0 Å². The third-order valence-electron chi connectivity index (χ3n) is 3.37. The summed E-state index contributed by atoms with van der Waals surface area (Å²) >= 11 is 1.45. The molecule has 0 aliphatic carbocycles. The monoisotopic (exact) mass is 328 g/mol. The molecule has 0 atom stereocenters. The van der Waals surface area contributed by atoms with E-state index in [-0.39, 0.29) is 11.8 Å². The third kappa shape index (κ3) is 4.79. The second-order valence-corrected chi connectivity index (χ2v) is 6.39. The number of carbonyl (C=O) groups is 2. The van der Waals surface area contributed by atoms with Gasteiger partial charge in [0.25, 0.3) is 11.8 Å². The highest BCUT2D eigenvalue weighted by molar-refractivity contribution is 7.14. The van der Waals surface area contributed by atoms with Crippen molar-refractivity contribution in [2.24, 2.45) is 0 Å². The number of thiophene rings is 1. The summed E-state index contributed by atoms with van der Waals surface area (Å²) in [4.78, 5) is 25.5. The Morgan fingerprint density at radius 1 is 1.13 bits per heavy atom. The van der Waals surface area contributed by atoms with Crippen LogP contribution in [0, 0.1) is 13.8 Å². The summed E-state index contributed by atoms with van der Waals surface area (Å²) in [5, 5.41) is 0. The molecule has 0 aliphatic heterocycles. The molecule has 4 nitrogen and oxygen atoms in total. The number of hydrogen-bond acceptors (Lipinski definition) is 3. The van der Waals surface area contributed by atoms with Gasteiger partial charge in [-0.25, -0.2) is 0 Å². The summed E-state index contributed by atoms with van der Waals surface area (Å²) in [6.07, 6.45) is 3.99. The number of carbonyl (C=O) groups excluding carboxylic acids is 2. The van der Waals surface area contributed by atoms with E-state index < -0.39 is 0 Å². The molecular formula is C18H20N2O2S. The lowest BCUT2D eigenvalue weighted by atomic mass is 10.1. The highest BCUT2D eigenvalue weighted by Crippen LogP contribution is 2.21. The zero-order valence-electron chi connectivity index (χ0n) is 13.5. The molecule has 2 N–H and O–H groups in total. The van der Waals surface area contributed by atoms with E-state index in [9.17, 15) is 9.59 Å². The van der Waals surface area contributed by atoms with Crippen LogP contribution in [-0.2, 0) is 11.2 Å². The summed E-state index contributed by atoms with van der Waals surface area (Å²) in [5.41, 5.74) is 8.02. The van der Waals surface area contributed by atoms with E-state index >= 15 is 0 Å². The Labute approximate surface area is 140 Å². The largest absolute Gasteiger partial charge is 0.279 e. The van der Waals surface area contributed by atoms with Gasteiger partial charge in [-0.3, -0.25) is 20.4 Å². The Balaban J connectivity index is 1.88. The Kier molecular flexibility index (Phi) is 5.71. The molecule has 0 saturated heterocycles. The second-order valence-electron chi connectivity index (χ2n) is 5.26. The Bertz CT molecular complexity index is 730. The summed E-state index contributed by atoms with van der Waals surface area (Å²) in [5.74, 6) is -0.669. The maximum absolute atomic E-state index is 12.0. The summed E-state index contributed by atoms with van der Waals surface area (Å²) < 4.78 is 0. The van der Waals surface area contributed by atoms with E-state index in [0.29, 0.717) is 4.88 Å². The molecule has 120 valence electrons. The maximum Gasteiger partial charge on any atom is 0.279 e. The standard InChI is InChI=1S/C18H20N2O2S/c1-4-15-13(3)11-16(23-15)18(22)20-19-17(21)10-9-14-7-5-12(2)6-8-14/h5-11H,4H2,1-3H3,(H,19,21)(H,20,22)/b10-9+. The Morgan fingerprint density at radius 3 is 2.43 bits per heavy atom. The van der Waals surface area contributed by atoms with E-state index in [1.807, 2.05) is 44.2 Å². The van der Waals surface area contributed by atoms with Crippen molar-refractivity contribution in [3.05, 3.63) is 62.9 Å². The molecule has 0 fully saturated rings. The maximum atomic E-state index is 12.0. The number of aryl methyl sites for hydroxylation is 3. The van der Waals surface area contributed by atoms with E-state index in [4.69, 9.17) is 0 Å². The first kappa shape index (κ1) is 17.0. The van der Waals surface area contributed by atoms with Gasteiger partial charge < -0.3 is 0 Å². The predicted octanol–water partition coefficient (Wildman–Crippen LogP) is 3.40. The minimum Gasteiger partial charge on any atom is -0.268 e. The summed E-state index contributed by atoms with van der Waals surface area (Å²) in [7, 11) is 0. The van der Waals surface area contributed by atoms with Gasteiger partial charge in [-0.1, -0.05) is 36.8 Å². The molecule has 23 heavy (non-hydrogen) atoms. The van der Waals surface area contributed by atoms with Crippen molar-refractivity contribution in [2.75, 3.05) is 0 Å². The smallest absolute Gasteiger partial charge is 0.268 e. The number of benzene rings is 1. The van der Waals surface area contributed by atoms with Gasteiger partial charge in [-0.05, 0) is 43.5 Å². The minimum atomic E-state index is -0.372. The van der Waals surface area contributed by atoms with Gasteiger partial charge in [0.15, 0.2) is 0 Å². The molecule has 2 rings (SSSR count). The van der Waals surface area contributed by atoms with Crippen LogP contribution in [-0.4, -0.2) is 11.8 Å². The van der Waals surface area contributed by atoms with Crippen LogP contribution in [0.1, 0.15) is 38.2 Å². The molecule has 1 heterocycles. The summed E-state index contributed by atoms with van der Waals surface area (Å²) in [6.45, 7) is 6.04. The van der Waals surface area contributed by atoms with Crippen molar-refractivity contribution < 1.29 is 9.59 Å². The van der Waals surface area contributed by atoms with E-state index in [1.165, 1.54) is 22.3 Å². The second kappa shape index (κ2) is 7.74. The normalized spacial score (nSPS) is 10.7. The fourth-order valence-corrected chi connectivity index (χ4v) is 3.06. The zero-order chi connectivity index (χ0) is 16.8. The highest BCUT2D eigenvalue weighted by atomic mass is 32.1. The number of rotatable bonds is 4.